The summed E-state index contributed by atoms with van der Waals surface area (Å²) in [4.78, 5) is 27.8. The zero-order valence-corrected chi connectivity index (χ0v) is 18.1. The number of amides is 2. The molecular formula is C27H28N2O3. The van der Waals surface area contributed by atoms with E-state index in [2.05, 4.69) is 17.4 Å². The second-order valence-electron chi connectivity index (χ2n) is 8.80. The number of likely N-dealkylation sites (tertiary alicyclic amines) is 1. The molecule has 1 N–H and O–H groups in total. The predicted molar refractivity (Wildman–Crippen MR) is 125 cm³/mol. The quantitative estimate of drug-likeness (QED) is 0.600. The first kappa shape index (κ1) is 20.7. The van der Waals surface area contributed by atoms with Gasteiger partial charge in [0.2, 0.25) is 5.91 Å². The number of carbonyl (C=O) groups excluding carboxylic acids is 2. The van der Waals surface area contributed by atoms with Gasteiger partial charge in [0.05, 0.1) is 24.0 Å². The third-order valence-corrected chi connectivity index (χ3v) is 6.38. The van der Waals surface area contributed by atoms with Crippen LogP contribution in [0.4, 0.5) is 5.69 Å². The summed E-state index contributed by atoms with van der Waals surface area (Å²) in [5, 5.41) is 5.04. The van der Waals surface area contributed by atoms with Crippen LogP contribution < -0.4 is 5.32 Å². The molecular weight excluding hydrogens is 400 g/mol. The summed E-state index contributed by atoms with van der Waals surface area (Å²) in [6.07, 6.45) is 3.65. The zero-order chi connectivity index (χ0) is 21.9. The molecule has 164 valence electrons. The first-order chi connectivity index (χ1) is 15.7. The number of piperidine rings is 1. The van der Waals surface area contributed by atoms with Gasteiger partial charge in [0.1, 0.15) is 0 Å². The fourth-order valence-electron chi connectivity index (χ4n) is 4.29. The lowest BCUT2D eigenvalue weighted by Gasteiger charge is -2.32. The van der Waals surface area contributed by atoms with Crippen molar-refractivity contribution in [2.24, 2.45) is 5.92 Å². The topological polar surface area (TPSA) is 58.6 Å². The molecule has 5 heteroatoms. The Morgan fingerprint density at radius 3 is 2.22 bits per heavy atom. The molecule has 3 aromatic carbocycles. The van der Waals surface area contributed by atoms with Crippen LogP contribution in [0.1, 0.15) is 41.6 Å². The summed E-state index contributed by atoms with van der Waals surface area (Å²) in [6.45, 7) is 1.91. The maximum Gasteiger partial charge on any atom is 0.255 e. The van der Waals surface area contributed by atoms with E-state index in [-0.39, 0.29) is 23.8 Å². The van der Waals surface area contributed by atoms with Gasteiger partial charge in [0.15, 0.2) is 0 Å². The summed E-state index contributed by atoms with van der Waals surface area (Å²) in [5.41, 5.74) is 2.35. The lowest BCUT2D eigenvalue weighted by atomic mass is 10.0. The van der Waals surface area contributed by atoms with Crippen molar-refractivity contribution in [3.05, 3.63) is 77.9 Å². The summed E-state index contributed by atoms with van der Waals surface area (Å²) in [5.74, 6) is 0.0765. The van der Waals surface area contributed by atoms with E-state index in [0.717, 1.165) is 36.5 Å². The third-order valence-electron chi connectivity index (χ3n) is 6.38. The van der Waals surface area contributed by atoms with Crippen molar-refractivity contribution in [2.45, 2.75) is 38.4 Å². The normalized spacial score (nSPS) is 16.8. The Hall–Kier alpha value is -3.18. The highest BCUT2D eigenvalue weighted by Crippen LogP contribution is 2.32. The van der Waals surface area contributed by atoms with Crippen molar-refractivity contribution in [1.29, 1.82) is 0 Å². The van der Waals surface area contributed by atoms with Crippen molar-refractivity contribution in [3.63, 3.8) is 0 Å². The molecule has 0 unspecified atom stereocenters. The molecule has 3 aromatic rings. The van der Waals surface area contributed by atoms with E-state index < -0.39 is 0 Å². The maximum atomic E-state index is 13.5. The maximum absolute atomic E-state index is 13.5. The molecule has 5 rings (SSSR count). The van der Waals surface area contributed by atoms with Crippen LogP contribution in [-0.4, -0.2) is 35.9 Å². The highest BCUT2D eigenvalue weighted by molar-refractivity contribution is 6.08. The summed E-state index contributed by atoms with van der Waals surface area (Å²) in [7, 11) is 0. The molecule has 5 nitrogen and oxygen atoms in total. The van der Waals surface area contributed by atoms with Crippen LogP contribution in [0.3, 0.4) is 0 Å². The minimum atomic E-state index is -0.0247. The molecule has 1 saturated carbocycles. The average Bonchev–Trinajstić information content (AvgIpc) is 3.69. The Labute approximate surface area is 188 Å². The van der Waals surface area contributed by atoms with Crippen LogP contribution in [0.2, 0.25) is 0 Å². The van der Waals surface area contributed by atoms with Crippen LogP contribution in [0.25, 0.3) is 10.8 Å². The minimum Gasteiger partial charge on any atom is -0.373 e. The standard InChI is InChI=1S/C27H28N2O3/c30-26(20-10-11-20)28-25-17-22-9-5-4-8-21(22)16-24(25)27(31)29-14-12-23(13-15-29)32-18-19-6-2-1-3-7-19/h1-9,16-17,20,23H,10-15,18H2,(H,28,30). The number of fused-ring (bicyclic) bond motifs is 1. The van der Waals surface area contributed by atoms with Gasteiger partial charge in [-0.25, -0.2) is 0 Å². The summed E-state index contributed by atoms with van der Waals surface area (Å²) < 4.78 is 6.08. The lowest BCUT2D eigenvalue weighted by molar-refractivity contribution is -0.117. The van der Waals surface area contributed by atoms with Crippen LogP contribution >= 0.6 is 0 Å². The third kappa shape index (κ3) is 4.68. The number of anilines is 1. The second-order valence-corrected chi connectivity index (χ2v) is 8.80. The van der Waals surface area contributed by atoms with E-state index in [1.165, 1.54) is 5.56 Å². The molecule has 0 spiro atoms. The van der Waals surface area contributed by atoms with Gasteiger partial charge in [-0.05, 0) is 54.2 Å². The number of hydrogen-bond donors (Lipinski definition) is 1. The molecule has 0 radical (unpaired) electrons. The van der Waals surface area contributed by atoms with Crippen LogP contribution in [0, 0.1) is 5.92 Å². The van der Waals surface area contributed by atoms with Gasteiger partial charge in [-0.3, -0.25) is 9.59 Å². The van der Waals surface area contributed by atoms with E-state index in [1.54, 1.807) is 0 Å². The zero-order valence-electron chi connectivity index (χ0n) is 18.1. The van der Waals surface area contributed by atoms with E-state index in [9.17, 15) is 9.59 Å². The highest BCUT2D eigenvalue weighted by Gasteiger charge is 2.31. The van der Waals surface area contributed by atoms with Gasteiger partial charge in [-0.15, -0.1) is 0 Å². The summed E-state index contributed by atoms with van der Waals surface area (Å²) >= 11 is 0. The highest BCUT2D eigenvalue weighted by atomic mass is 16.5. The molecule has 1 aliphatic heterocycles. The predicted octanol–water partition coefficient (Wildman–Crippen LogP) is 5.01. The number of rotatable bonds is 6. The fourth-order valence-corrected chi connectivity index (χ4v) is 4.29. The Bertz CT molecular complexity index is 1120. The number of hydrogen-bond acceptors (Lipinski definition) is 3. The average molecular weight is 429 g/mol. The largest absolute Gasteiger partial charge is 0.373 e. The van der Waals surface area contributed by atoms with Gasteiger partial charge >= 0.3 is 0 Å². The minimum absolute atomic E-state index is 0.0161. The first-order valence-corrected chi connectivity index (χ1v) is 11.5. The molecule has 32 heavy (non-hydrogen) atoms. The Kier molecular flexibility index (Phi) is 5.91. The first-order valence-electron chi connectivity index (χ1n) is 11.5. The smallest absolute Gasteiger partial charge is 0.255 e. The van der Waals surface area contributed by atoms with E-state index in [0.29, 0.717) is 30.9 Å². The molecule has 2 fully saturated rings. The van der Waals surface area contributed by atoms with Gasteiger partial charge in [-0.2, -0.15) is 0 Å². The van der Waals surface area contributed by atoms with Crippen LogP contribution in [0.5, 0.6) is 0 Å². The van der Waals surface area contributed by atoms with Crippen LogP contribution in [0.15, 0.2) is 66.7 Å². The van der Waals surface area contributed by atoms with Crippen molar-refractivity contribution in [3.8, 4) is 0 Å². The van der Waals surface area contributed by atoms with E-state index >= 15 is 0 Å². The Morgan fingerprint density at radius 1 is 0.875 bits per heavy atom. The molecule has 2 amide bonds. The molecule has 1 heterocycles. The van der Waals surface area contributed by atoms with Crippen molar-refractivity contribution in [2.75, 3.05) is 18.4 Å². The Morgan fingerprint density at radius 2 is 1.53 bits per heavy atom. The lowest BCUT2D eigenvalue weighted by Crippen LogP contribution is -2.41. The van der Waals surface area contributed by atoms with Crippen molar-refractivity contribution in [1.82, 2.24) is 4.90 Å². The monoisotopic (exact) mass is 428 g/mol. The second kappa shape index (κ2) is 9.13. The fraction of sp³-hybridized carbons (Fsp3) is 0.333. The Balaban J connectivity index is 1.28. The van der Waals surface area contributed by atoms with Gasteiger partial charge in [0.25, 0.3) is 5.91 Å². The van der Waals surface area contributed by atoms with Crippen molar-refractivity contribution >= 4 is 28.3 Å². The summed E-state index contributed by atoms with van der Waals surface area (Å²) in [6, 6.07) is 22.0. The van der Waals surface area contributed by atoms with Gasteiger partial charge in [0, 0.05) is 19.0 Å². The molecule has 1 saturated heterocycles. The number of benzene rings is 3. The van der Waals surface area contributed by atoms with Gasteiger partial charge < -0.3 is 15.0 Å². The number of carbonyl (C=O) groups is 2. The molecule has 0 atom stereocenters. The molecule has 0 aromatic heterocycles. The van der Waals surface area contributed by atoms with E-state index in [1.807, 2.05) is 59.5 Å². The number of nitrogens with one attached hydrogen (secondary N) is 1. The van der Waals surface area contributed by atoms with E-state index in [4.69, 9.17) is 4.74 Å². The number of ether oxygens (including phenoxy) is 1. The molecule has 2 aliphatic rings. The van der Waals surface area contributed by atoms with Gasteiger partial charge in [-0.1, -0.05) is 54.6 Å². The molecule has 1 aliphatic carbocycles. The SMILES string of the molecule is O=C(Nc1cc2ccccc2cc1C(=O)N1CCC(OCc2ccccc2)CC1)C1CC1. The molecule has 0 bridgehead atoms. The number of nitrogens with zero attached hydrogens (tertiary/aromatic N) is 1. The van der Waals surface area contributed by atoms with Crippen molar-refractivity contribution < 1.29 is 14.3 Å². The van der Waals surface area contributed by atoms with Crippen LogP contribution in [-0.2, 0) is 16.1 Å².